The van der Waals surface area contributed by atoms with Crippen LogP contribution in [-0.2, 0) is 0 Å². The third kappa shape index (κ3) is 3.71. The van der Waals surface area contributed by atoms with E-state index >= 15 is 0 Å². The summed E-state index contributed by atoms with van der Waals surface area (Å²) in [6, 6.07) is 10.8. The minimum absolute atomic E-state index is 0.325. The van der Waals surface area contributed by atoms with Crippen molar-refractivity contribution in [1.82, 2.24) is 10.4 Å². The van der Waals surface area contributed by atoms with E-state index in [4.69, 9.17) is 18.9 Å². The molecule has 2 aromatic carbocycles. The van der Waals surface area contributed by atoms with E-state index in [2.05, 4.69) is 15.5 Å². The van der Waals surface area contributed by atoms with E-state index in [1.165, 1.54) is 27.5 Å². The molecule has 0 unspecified atom stereocenters. The number of hydrogen-bond donors (Lipinski definition) is 2. The fourth-order valence-electron chi connectivity index (χ4n) is 2.81. The first-order valence-electron chi connectivity index (χ1n) is 8.40. The Morgan fingerprint density at radius 3 is 2.46 bits per heavy atom. The number of hydrazone groups is 1. The average Bonchev–Trinajstić information content (AvgIpc) is 3.16. The van der Waals surface area contributed by atoms with E-state index in [1.807, 2.05) is 24.3 Å². The van der Waals surface area contributed by atoms with Gasteiger partial charge in [-0.15, -0.1) is 0 Å². The van der Waals surface area contributed by atoms with Crippen LogP contribution in [0.4, 0.5) is 0 Å². The predicted octanol–water partition coefficient (Wildman–Crippen LogP) is 2.97. The van der Waals surface area contributed by atoms with Crippen molar-refractivity contribution in [2.24, 2.45) is 5.10 Å². The summed E-state index contributed by atoms with van der Waals surface area (Å²) < 4.78 is 21.3. The number of H-pyrrole nitrogens is 1. The number of carbonyl (C=O) groups excluding carboxylic acids is 1. The van der Waals surface area contributed by atoms with Crippen LogP contribution in [0, 0.1) is 0 Å². The molecule has 3 aromatic rings. The van der Waals surface area contributed by atoms with E-state index in [1.54, 1.807) is 19.2 Å². The molecule has 2 N–H and O–H groups in total. The Bertz CT molecular complexity index is 1030. The third-order valence-corrected chi connectivity index (χ3v) is 4.14. The second kappa shape index (κ2) is 8.34. The molecule has 1 amide bonds. The van der Waals surface area contributed by atoms with Crippen molar-refractivity contribution in [2.75, 3.05) is 28.4 Å². The molecule has 1 heterocycles. The lowest BCUT2D eigenvalue weighted by molar-refractivity contribution is 0.0951. The highest BCUT2D eigenvalue weighted by atomic mass is 16.5. The molecule has 0 saturated heterocycles. The zero-order valence-electron chi connectivity index (χ0n) is 16.0. The van der Waals surface area contributed by atoms with Gasteiger partial charge >= 0.3 is 0 Å². The van der Waals surface area contributed by atoms with Crippen molar-refractivity contribution < 1.29 is 23.7 Å². The van der Waals surface area contributed by atoms with Crippen LogP contribution in [-0.4, -0.2) is 45.5 Å². The summed E-state index contributed by atoms with van der Waals surface area (Å²) >= 11 is 0. The molecule has 28 heavy (non-hydrogen) atoms. The first-order valence-corrected chi connectivity index (χ1v) is 8.40. The van der Waals surface area contributed by atoms with E-state index < -0.39 is 5.91 Å². The lowest BCUT2D eigenvalue weighted by Gasteiger charge is -2.12. The van der Waals surface area contributed by atoms with Gasteiger partial charge in [0, 0.05) is 5.39 Å². The van der Waals surface area contributed by atoms with Gasteiger partial charge in [0.15, 0.2) is 11.5 Å². The van der Waals surface area contributed by atoms with Crippen molar-refractivity contribution in [1.29, 1.82) is 0 Å². The molecule has 8 heteroatoms. The van der Waals surface area contributed by atoms with Crippen molar-refractivity contribution in [3.05, 3.63) is 47.7 Å². The van der Waals surface area contributed by atoms with Crippen molar-refractivity contribution >= 4 is 23.0 Å². The molecule has 0 atom stereocenters. The highest BCUT2D eigenvalue weighted by Gasteiger charge is 2.19. The van der Waals surface area contributed by atoms with Gasteiger partial charge in [0.1, 0.15) is 11.4 Å². The fourth-order valence-corrected chi connectivity index (χ4v) is 2.81. The lowest BCUT2D eigenvalue weighted by atomic mass is 10.2. The number of amides is 1. The van der Waals surface area contributed by atoms with Crippen LogP contribution in [0.5, 0.6) is 23.0 Å². The second-order valence-electron chi connectivity index (χ2n) is 5.77. The van der Waals surface area contributed by atoms with Crippen LogP contribution in [0.2, 0.25) is 0 Å². The lowest BCUT2D eigenvalue weighted by Crippen LogP contribution is -2.17. The van der Waals surface area contributed by atoms with Crippen LogP contribution >= 0.6 is 0 Å². The van der Waals surface area contributed by atoms with Crippen molar-refractivity contribution in [3.63, 3.8) is 0 Å². The van der Waals surface area contributed by atoms with Gasteiger partial charge in [0.2, 0.25) is 5.75 Å². The molecule has 0 aliphatic heterocycles. The van der Waals surface area contributed by atoms with Crippen LogP contribution in [0.15, 0.2) is 41.5 Å². The van der Waals surface area contributed by atoms with Gasteiger partial charge in [0.05, 0.1) is 40.2 Å². The smallest absolute Gasteiger partial charge is 0.287 e. The van der Waals surface area contributed by atoms with E-state index in [0.717, 1.165) is 10.9 Å². The Labute approximate surface area is 162 Å². The second-order valence-corrected chi connectivity index (χ2v) is 5.77. The Hall–Kier alpha value is -3.68. The van der Waals surface area contributed by atoms with Crippen LogP contribution < -0.4 is 24.4 Å². The maximum atomic E-state index is 12.5. The molecule has 0 aliphatic rings. The number of nitrogens with one attached hydrogen (secondary N) is 2. The zero-order chi connectivity index (χ0) is 20.1. The number of aromatic amines is 1. The molecular formula is C20H21N3O5. The fraction of sp³-hybridized carbons (Fsp3) is 0.200. The Kier molecular flexibility index (Phi) is 5.69. The maximum absolute atomic E-state index is 12.5. The minimum atomic E-state index is -0.393. The average molecular weight is 383 g/mol. The number of fused-ring (bicyclic) bond motifs is 1. The van der Waals surface area contributed by atoms with Gasteiger partial charge in [-0.05, 0) is 29.8 Å². The number of benzene rings is 2. The van der Waals surface area contributed by atoms with E-state index in [9.17, 15) is 4.79 Å². The van der Waals surface area contributed by atoms with Gasteiger partial charge < -0.3 is 23.9 Å². The summed E-state index contributed by atoms with van der Waals surface area (Å²) in [6.07, 6.45) is 1.54. The summed E-state index contributed by atoms with van der Waals surface area (Å²) in [7, 11) is 6.18. The van der Waals surface area contributed by atoms with Gasteiger partial charge in [0.25, 0.3) is 5.91 Å². The third-order valence-electron chi connectivity index (χ3n) is 4.14. The molecule has 0 bridgehead atoms. The molecule has 0 fully saturated rings. The SMILES string of the molecule is COc1cccc(C=NNC(=O)c2cc3cc(OC)c(OC)c(OC)c3[nH]2)c1. The number of ether oxygens (including phenoxy) is 4. The highest BCUT2D eigenvalue weighted by molar-refractivity contribution is 6.01. The van der Waals surface area contributed by atoms with Crippen LogP contribution in [0.1, 0.15) is 16.1 Å². The molecule has 0 aliphatic carbocycles. The predicted molar refractivity (Wildman–Crippen MR) is 106 cm³/mol. The minimum Gasteiger partial charge on any atom is -0.497 e. The monoisotopic (exact) mass is 383 g/mol. The molecule has 3 rings (SSSR count). The summed E-state index contributed by atoms with van der Waals surface area (Å²) in [5.41, 5.74) is 4.25. The van der Waals surface area contributed by atoms with E-state index in [0.29, 0.717) is 34.2 Å². The molecule has 0 saturated carbocycles. The number of carbonyl (C=O) groups is 1. The first kappa shape index (κ1) is 19.1. The van der Waals surface area contributed by atoms with Crippen molar-refractivity contribution in [3.8, 4) is 23.0 Å². The Morgan fingerprint density at radius 2 is 1.79 bits per heavy atom. The standard InChI is InChI=1S/C20H21N3O5/c1-25-14-7-5-6-12(8-14)11-21-23-20(24)15-9-13-10-16(26-2)18(27-3)19(28-4)17(13)22-15/h5-11,22H,1-4H3,(H,23,24). The molecule has 0 spiro atoms. The van der Waals surface area contributed by atoms with Crippen molar-refractivity contribution in [2.45, 2.75) is 0 Å². The molecule has 8 nitrogen and oxygen atoms in total. The number of rotatable bonds is 7. The summed E-state index contributed by atoms with van der Waals surface area (Å²) in [6.45, 7) is 0. The number of aromatic nitrogens is 1. The zero-order valence-corrected chi connectivity index (χ0v) is 16.0. The van der Waals surface area contributed by atoms with Gasteiger partial charge in [-0.1, -0.05) is 12.1 Å². The molecule has 0 radical (unpaired) electrons. The summed E-state index contributed by atoms with van der Waals surface area (Å²) in [5.74, 6) is 1.73. The normalized spacial score (nSPS) is 10.9. The first-order chi connectivity index (χ1) is 13.6. The van der Waals surface area contributed by atoms with E-state index in [-0.39, 0.29) is 0 Å². The van der Waals surface area contributed by atoms with Crippen LogP contribution in [0.3, 0.4) is 0 Å². The maximum Gasteiger partial charge on any atom is 0.287 e. The molecule has 146 valence electrons. The Balaban J connectivity index is 1.84. The Morgan fingerprint density at radius 1 is 1.00 bits per heavy atom. The highest BCUT2D eigenvalue weighted by Crippen LogP contribution is 2.43. The number of methoxy groups -OCH3 is 4. The van der Waals surface area contributed by atoms with Crippen LogP contribution in [0.25, 0.3) is 10.9 Å². The van der Waals surface area contributed by atoms with Gasteiger partial charge in [-0.2, -0.15) is 5.10 Å². The van der Waals surface area contributed by atoms with Gasteiger partial charge in [-0.25, -0.2) is 5.43 Å². The molecular weight excluding hydrogens is 362 g/mol. The topological polar surface area (TPSA) is 94.2 Å². The summed E-state index contributed by atoms with van der Waals surface area (Å²) in [4.78, 5) is 15.5. The number of hydrogen-bond acceptors (Lipinski definition) is 6. The van der Waals surface area contributed by atoms with Gasteiger partial charge in [-0.3, -0.25) is 4.79 Å². The number of nitrogens with zero attached hydrogens (tertiary/aromatic N) is 1. The summed E-state index contributed by atoms with van der Waals surface area (Å²) in [5, 5.41) is 4.74. The quantitative estimate of drug-likeness (QED) is 0.483. The largest absolute Gasteiger partial charge is 0.497 e. The molecule has 1 aromatic heterocycles.